The summed E-state index contributed by atoms with van der Waals surface area (Å²) in [7, 11) is 0. The number of carbonyl (C=O) groups is 3. The van der Waals surface area contributed by atoms with Crippen LogP contribution in [0, 0.1) is 5.92 Å². The largest absolute Gasteiger partial charge is 0.481 e. The van der Waals surface area contributed by atoms with E-state index in [1.54, 1.807) is 6.92 Å². The van der Waals surface area contributed by atoms with Gasteiger partial charge in [0, 0.05) is 25.5 Å². The average molecular weight is 442 g/mol. The highest BCUT2D eigenvalue weighted by Gasteiger charge is 2.22. The number of rotatable bonds is 13. The van der Waals surface area contributed by atoms with Gasteiger partial charge in [0.25, 0.3) is 0 Å². The Morgan fingerprint density at radius 3 is 2.25 bits per heavy atom. The molecule has 2 aromatic carbocycles. The molecule has 3 N–H and O–H groups in total. The number of ether oxygens (including phenoxy) is 1. The van der Waals surface area contributed by atoms with Gasteiger partial charge >= 0.3 is 11.9 Å². The quantitative estimate of drug-likeness (QED) is 0.325. The predicted molar refractivity (Wildman–Crippen MR) is 121 cm³/mol. The highest BCUT2D eigenvalue weighted by Crippen LogP contribution is 2.21. The average Bonchev–Trinajstić information content (AvgIpc) is 2.78. The molecule has 0 aromatic heterocycles. The second-order valence-electron chi connectivity index (χ2n) is 7.81. The molecule has 7 heteroatoms. The lowest BCUT2D eigenvalue weighted by atomic mass is 9.94. The summed E-state index contributed by atoms with van der Waals surface area (Å²) in [4.78, 5) is 35.2. The van der Waals surface area contributed by atoms with Gasteiger partial charge in [-0.05, 0) is 29.5 Å². The third-order valence-corrected chi connectivity index (χ3v) is 5.06. The number of aliphatic hydroxyl groups is 1. The lowest BCUT2D eigenvalue weighted by molar-refractivity contribution is -0.148. The van der Waals surface area contributed by atoms with Gasteiger partial charge in [-0.25, -0.2) is 0 Å². The SMILES string of the molecule is CC(C[C@@H](Cc1ccc(-c2ccccc2)cc1)NC(=O)CCC(=O)O)C(=O)OCCCO. The number of amides is 1. The van der Waals surface area contributed by atoms with E-state index in [1.165, 1.54) is 0 Å². The highest BCUT2D eigenvalue weighted by molar-refractivity contribution is 5.81. The summed E-state index contributed by atoms with van der Waals surface area (Å²) in [5.74, 6) is -2.24. The molecule has 1 amide bonds. The summed E-state index contributed by atoms with van der Waals surface area (Å²) >= 11 is 0. The molecular weight excluding hydrogens is 410 g/mol. The topological polar surface area (TPSA) is 113 Å². The van der Waals surface area contributed by atoms with Crippen molar-refractivity contribution in [3.63, 3.8) is 0 Å². The molecule has 0 bridgehead atoms. The smallest absolute Gasteiger partial charge is 0.308 e. The third-order valence-electron chi connectivity index (χ3n) is 5.06. The Balaban J connectivity index is 2.05. The maximum absolute atomic E-state index is 12.2. The van der Waals surface area contributed by atoms with Crippen LogP contribution in [0.1, 0.15) is 38.2 Å². The zero-order valence-corrected chi connectivity index (χ0v) is 18.3. The summed E-state index contributed by atoms with van der Waals surface area (Å²) in [5, 5.41) is 20.5. The number of benzene rings is 2. The second kappa shape index (κ2) is 13.3. The molecule has 0 saturated heterocycles. The van der Waals surface area contributed by atoms with E-state index in [1.807, 2.05) is 54.6 Å². The minimum Gasteiger partial charge on any atom is -0.481 e. The van der Waals surface area contributed by atoms with Crippen molar-refractivity contribution < 1.29 is 29.3 Å². The number of hydrogen-bond donors (Lipinski definition) is 3. The van der Waals surface area contributed by atoms with E-state index < -0.39 is 11.9 Å². The van der Waals surface area contributed by atoms with Crippen LogP contribution < -0.4 is 5.32 Å². The van der Waals surface area contributed by atoms with E-state index in [-0.39, 0.29) is 44.0 Å². The first-order valence-electron chi connectivity index (χ1n) is 10.8. The first kappa shape index (κ1) is 25.1. The van der Waals surface area contributed by atoms with E-state index in [0.29, 0.717) is 19.3 Å². The molecule has 2 aromatic rings. The molecule has 0 saturated carbocycles. The molecule has 0 aliphatic carbocycles. The van der Waals surface area contributed by atoms with E-state index in [4.69, 9.17) is 14.9 Å². The number of aliphatic hydroxyl groups excluding tert-OH is 1. The maximum atomic E-state index is 12.2. The van der Waals surface area contributed by atoms with Gasteiger partial charge in [-0.2, -0.15) is 0 Å². The fourth-order valence-corrected chi connectivity index (χ4v) is 3.36. The molecular formula is C25H31NO6. The number of carboxylic acid groups (broad SMARTS) is 1. The third kappa shape index (κ3) is 8.89. The number of nitrogens with one attached hydrogen (secondary N) is 1. The van der Waals surface area contributed by atoms with Crippen LogP contribution in [-0.2, 0) is 25.5 Å². The van der Waals surface area contributed by atoms with Gasteiger partial charge in [0.2, 0.25) is 5.91 Å². The van der Waals surface area contributed by atoms with E-state index in [2.05, 4.69) is 5.32 Å². The van der Waals surface area contributed by atoms with Gasteiger partial charge in [-0.3, -0.25) is 14.4 Å². The Labute approximate surface area is 188 Å². The zero-order valence-electron chi connectivity index (χ0n) is 18.3. The number of esters is 1. The highest BCUT2D eigenvalue weighted by atomic mass is 16.5. The molecule has 0 spiro atoms. The van der Waals surface area contributed by atoms with Crippen LogP contribution in [-0.4, -0.2) is 47.3 Å². The summed E-state index contributed by atoms with van der Waals surface area (Å²) < 4.78 is 5.15. The minimum absolute atomic E-state index is 0.0527. The molecule has 1 unspecified atom stereocenters. The lowest BCUT2D eigenvalue weighted by Gasteiger charge is -2.22. The Morgan fingerprint density at radius 2 is 1.62 bits per heavy atom. The molecule has 2 atom stereocenters. The van der Waals surface area contributed by atoms with E-state index >= 15 is 0 Å². The Morgan fingerprint density at radius 1 is 0.969 bits per heavy atom. The van der Waals surface area contributed by atoms with Crippen molar-refractivity contribution in [2.24, 2.45) is 5.92 Å². The standard InChI is InChI=1S/C25H31NO6/c1-18(25(31)32-15-5-14-27)16-22(26-23(28)12-13-24(29)30)17-19-8-10-21(11-9-19)20-6-3-2-4-7-20/h2-4,6-11,18,22,27H,5,12-17H2,1H3,(H,26,28)(H,29,30)/t18?,22-/m0/s1. The molecule has 0 fully saturated rings. The van der Waals surface area contributed by atoms with Crippen molar-refractivity contribution in [2.45, 2.75) is 45.1 Å². The fourth-order valence-electron chi connectivity index (χ4n) is 3.36. The summed E-state index contributed by atoms with van der Waals surface area (Å²) in [6.07, 6.45) is 0.873. The molecule has 172 valence electrons. The maximum Gasteiger partial charge on any atom is 0.308 e. The number of carbonyl (C=O) groups excluding carboxylic acids is 2. The van der Waals surface area contributed by atoms with Crippen LogP contribution >= 0.6 is 0 Å². The van der Waals surface area contributed by atoms with E-state index in [0.717, 1.165) is 16.7 Å². The van der Waals surface area contributed by atoms with Crippen molar-refractivity contribution in [2.75, 3.05) is 13.2 Å². The number of hydrogen-bond acceptors (Lipinski definition) is 5. The van der Waals surface area contributed by atoms with Gasteiger partial charge in [0.05, 0.1) is 18.9 Å². The number of aliphatic carboxylic acids is 1. The van der Waals surface area contributed by atoms with Crippen molar-refractivity contribution >= 4 is 17.8 Å². The molecule has 0 aliphatic rings. The van der Waals surface area contributed by atoms with Crippen LogP contribution in [0.15, 0.2) is 54.6 Å². The van der Waals surface area contributed by atoms with Crippen LogP contribution in [0.5, 0.6) is 0 Å². The minimum atomic E-state index is -1.03. The molecule has 0 radical (unpaired) electrons. The van der Waals surface area contributed by atoms with Crippen molar-refractivity contribution in [1.82, 2.24) is 5.32 Å². The molecule has 0 heterocycles. The molecule has 0 aliphatic heterocycles. The second-order valence-corrected chi connectivity index (χ2v) is 7.81. The van der Waals surface area contributed by atoms with Gasteiger partial charge in [-0.1, -0.05) is 61.5 Å². The Kier molecular flexibility index (Phi) is 10.4. The molecule has 32 heavy (non-hydrogen) atoms. The van der Waals surface area contributed by atoms with Crippen molar-refractivity contribution in [1.29, 1.82) is 0 Å². The van der Waals surface area contributed by atoms with Crippen molar-refractivity contribution in [3.8, 4) is 11.1 Å². The van der Waals surface area contributed by atoms with Crippen LogP contribution in [0.25, 0.3) is 11.1 Å². The normalized spacial score (nSPS) is 12.6. The summed E-state index contributed by atoms with van der Waals surface area (Å²) in [6.45, 7) is 1.83. The monoisotopic (exact) mass is 441 g/mol. The van der Waals surface area contributed by atoms with Gasteiger partial charge in [0.15, 0.2) is 0 Å². The lowest BCUT2D eigenvalue weighted by Crippen LogP contribution is -2.39. The zero-order chi connectivity index (χ0) is 23.3. The van der Waals surface area contributed by atoms with Crippen molar-refractivity contribution in [3.05, 3.63) is 60.2 Å². The Hall–Kier alpha value is -3.19. The Bertz CT molecular complexity index is 866. The van der Waals surface area contributed by atoms with Crippen LogP contribution in [0.2, 0.25) is 0 Å². The van der Waals surface area contributed by atoms with Gasteiger partial charge in [0.1, 0.15) is 0 Å². The number of carboxylic acids is 1. The van der Waals surface area contributed by atoms with Crippen LogP contribution in [0.3, 0.4) is 0 Å². The van der Waals surface area contributed by atoms with Crippen LogP contribution in [0.4, 0.5) is 0 Å². The van der Waals surface area contributed by atoms with Gasteiger partial charge < -0.3 is 20.3 Å². The van der Waals surface area contributed by atoms with E-state index in [9.17, 15) is 14.4 Å². The fraction of sp³-hybridized carbons (Fsp3) is 0.400. The summed E-state index contributed by atoms with van der Waals surface area (Å²) in [5.41, 5.74) is 3.18. The van der Waals surface area contributed by atoms with Gasteiger partial charge in [-0.15, -0.1) is 0 Å². The first-order chi connectivity index (χ1) is 15.4. The summed E-state index contributed by atoms with van der Waals surface area (Å²) in [6, 6.07) is 17.6. The molecule has 7 nitrogen and oxygen atoms in total. The molecule has 2 rings (SSSR count). The first-order valence-corrected chi connectivity index (χ1v) is 10.8. The predicted octanol–water partition coefficient (Wildman–Crippen LogP) is 3.20.